The van der Waals surface area contributed by atoms with Crippen LogP contribution in [0, 0.1) is 20.8 Å². The minimum Gasteiger partial charge on any atom is -0.383 e. The molecule has 2 heteroatoms. The van der Waals surface area contributed by atoms with E-state index in [0.717, 1.165) is 6.42 Å². The van der Waals surface area contributed by atoms with Crippen molar-refractivity contribution in [3.63, 3.8) is 0 Å². The van der Waals surface area contributed by atoms with Gasteiger partial charge in [-0.05, 0) is 43.9 Å². The van der Waals surface area contributed by atoms with Gasteiger partial charge < -0.3 is 10.5 Å². The first-order valence-corrected chi connectivity index (χ1v) is 5.36. The summed E-state index contributed by atoms with van der Waals surface area (Å²) >= 11 is 0. The summed E-state index contributed by atoms with van der Waals surface area (Å²) < 4.78 is 5.05. The van der Waals surface area contributed by atoms with Crippen molar-refractivity contribution >= 4 is 0 Å². The van der Waals surface area contributed by atoms with Crippen molar-refractivity contribution in [2.45, 2.75) is 33.2 Å². The largest absolute Gasteiger partial charge is 0.383 e. The van der Waals surface area contributed by atoms with Crippen LogP contribution in [-0.2, 0) is 11.2 Å². The zero-order valence-corrected chi connectivity index (χ0v) is 10.1. The van der Waals surface area contributed by atoms with Crippen molar-refractivity contribution in [2.75, 3.05) is 13.7 Å². The molecule has 1 atom stereocenters. The van der Waals surface area contributed by atoms with E-state index in [0.29, 0.717) is 6.61 Å². The number of ether oxygens (including phenoxy) is 1. The molecule has 1 aromatic carbocycles. The van der Waals surface area contributed by atoms with Crippen molar-refractivity contribution in [1.29, 1.82) is 0 Å². The average molecular weight is 207 g/mol. The van der Waals surface area contributed by atoms with E-state index in [9.17, 15) is 0 Å². The highest BCUT2D eigenvalue weighted by atomic mass is 16.5. The Labute approximate surface area is 92.4 Å². The van der Waals surface area contributed by atoms with E-state index in [1.807, 2.05) is 0 Å². The molecule has 0 saturated heterocycles. The molecule has 0 aromatic heterocycles. The van der Waals surface area contributed by atoms with Crippen molar-refractivity contribution in [3.8, 4) is 0 Å². The second-order valence-corrected chi connectivity index (χ2v) is 4.30. The maximum absolute atomic E-state index is 5.97. The molecule has 0 spiro atoms. The quantitative estimate of drug-likeness (QED) is 0.821. The Balaban J connectivity index is 2.85. The number of rotatable bonds is 4. The molecule has 0 aliphatic heterocycles. The zero-order valence-electron chi connectivity index (χ0n) is 10.1. The van der Waals surface area contributed by atoms with Gasteiger partial charge in [0, 0.05) is 13.2 Å². The lowest BCUT2D eigenvalue weighted by Gasteiger charge is -2.15. The first kappa shape index (κ1) is 12.2. The molecule has 15 heavy (non-hydrogen) atoms. The van der Waals surface area contributed by atoms with Crippen LogP contribution in [0.5, 0.6) is 0 Å². The van der Waals surface area contributed by atoms with Crippen LogP contribution in [-0.4, -0.2) is 19.8 Å². The maximum Gasteiger partial charge on any atom is 0.0616 e. The zero-order chi connectivity index (χ0) is 11.4. The number of aryl methyl sites for hydroxylation is 3. The molecule has 0 amide bonds. The number of nitrogens with two attached hydrogens (primary N) is 1. The monoisotopic (exact) mass is 207 g/mol. The third-order valence-electron chi connectivity index (χ3n) is 2.69. The van der Waals surface area contributed by atoms with E-state index in [1.165, 1.54) is 22.3 Å². The SMILES string of the molecule is COCC(N)Cc1c(C)cc(C)cc1C. The fourth-order valence-corrected chi connectivity index (χ4v) is 2.07. The van der Waals surface area contributed by atoms with Crippen LogP contribution < -0.4 is 5.73 Å². The number of hydrogen-bond acceptors (Lipinski definition) is 2. The highest BCUT2D eigenvalue weighted by Crippen LogP contribution is 2.17. The Morgan fingerprint density at radius 3 is 2.20 bits per heavy atom. The van der Waals surface area contributed by atoms with Gasteiger partial charge in [-0.25, -0.2) is 0 Å². The first-order chi connectivity index (χ1) is 7.04. The number of methoxy groups -OCH3 is 1. The molecular formula is C13H21NO. The minimum atomic E-state index is 0.0927. The smallest absolute Gasteiger partial charge is 0.0616 e. The van der Waals surface area contributed by atoms with Crippen molar-refractivity contribution in [2.24, 2.45) is 5.73 Å². The molecule has 0 radical (unpaired) electrons. The summed E-state index contributed by atoms with van der Waals surface area (Å²) in [5, 5.41) is 0. The standard InChI is InChI=1S/C13H21NO/c1-9-5-10(2)13(11(3)6-9)7-12(14)8-15-4/h5-6,12H,7-8,14H2,1-4H3. The maximum atomic E-state index is 5.97. The van der Waals surface area contributed by atoms with Gasteiger partial charge in [0.1, 0.15) is 0 Å². The summed E-state index contributed by atoms with van der Waals surface area (Å²) in [4.78, 5) is 0. The predicted octanol–water partition coefficient (Wildman–Crippen LogP) is 2.13. The lowest BCUT2D eigenvalue weighted by atomic mass is 9.95. The van der Waals surface area contributed by atoms with Gasteiger partial charge in [-0.1, -0.05) is 17.7 Å². The van der Waals surface area contributed by atoms with Crippen LogP contribution in [0.4, 0.5) is 0 Å². The van der Waals surface area contributed by atoms with Crippen LogP contribution in [0.3, 0.4) is 0 Å². The van der Waals surface area contributed by atoms with E-state index >= 15 is 0 Å². The number of hydrogen-bond donors (Lipinski definition) is 1. The molecule has 0 fully saturated rings. The highest BCUT2D eigenvalue weighted by molar-refractivity contribution is 5.37. The Morgan fingerprint density at radius 1 is 1.20 bits per heavy atom. The lowest BCUT2D eigenvalue weighted by molar-refractivity contribution is 0.180. The van der Waals surface area contributed by atoms with E-state index in [2.05, 4.69) is 32.9 Å². The molecule has 0 saturated carbocycles. The third kappa shape index (κ3) is 3.33. The van der Waals surface area contributed by atoms with Crippen LogP contribution in [0.1, 0.15) is 22.3 Å². The average Bonchev–Trinajstić information content (AvgIpc) is 2.11. The summed E-state index contributed by atoms with van der Waals surface area (Å²) in [6.45, 7) is 7.04. The van der Waals surface area contributed by atoms with Gasteiger partial charge in [-0.3, -0.25) is 0 Å². The van der Waals surface area contributed by atoms with E-state index in [-0.39, 0.29) is 6.04 Å². The fourth-order valence-electron chi connectivity index (χ4n) is 2.07. The third-order valence-corrected chi connectivity index (χ3v) is 2.69. The summed E-state index contributed by atoms with van der Waals surface area (Å²) in [6, 6.07) is 4.51. The van der Waals surface area contributed by atoms with Gasteiger partial charge in [0.25, 0.3) is 0 Å². The molecule has 1 aromatic rings. The van der Waals surface area contributed by atoms with Gasteiger partial charge in [-0.15, -0.1) is 0 Å². The predicted molar refractivity (Wildman–Crippen MR) is 64.2 cm³/mol. The Morgan fingerprint density at radius 2 is 1.73 bits per heavy atom. The second-order valence-electron chi connectivity index (χ2n) is 4.30. The molecule has 2 nitrogen and oxygen atoms in total. The van der Waals surface area contributed by atoms with Crippen molar-refractivity contribution in [3.05, 3.63) is 34.4 Å². The molecule has 0 bridgehead atoms. The highest BCUT2D eigenvalue weighted by Gasteiger charge is 2.08. The molecule has 0 aliphatic carbocycles. The van der Waals surface area contributed by atoms with E-state index < -0.39 is 0 Å². The first-order valence-electron chi connectivity index (χ1n) is 5.36. The Kier molecular flexibility index (Phi) is 4.30. The lowest BCUT2D eigenvalue weighted by Crippen LogP contribution is -2.28. The van der Waals surface area contributed by atoms with Crippen molar-refractivity contribution in [1.82, 2.24) is 0 Å². The van der Waals surface area contributed by atoms with Crippen LogP contribution in [0.2, 0.25) is 0 Å². The molecule has 0 aliphatic rings. The van der Waals surface area contributed by atoms with Gasteiger partial charge >= 0.3 is 0 Å². The van der Waals surface area contributed by atoms with Gasteiger partial charge in [0.2, 0.25) is 0 Å². The molecule has 1 unspecified atom stereocenters. The summed E-state index contributed by atoms with van der Waals surface area (Å²) in [5.74, 6) is 0. The van der Waals surface area contributed by atoms with E-state index in [4.69, 9.17) is 10.5 Å². The van der Waals surface area contributed by atoms with E-state index in [1.54, 1.807) is 7.11 Å². The molecule has 0 heterocycles. The van der Waals surface area contributed by atoms with Crippen LogP contribution >= 0.6 is 0 Å². The molecule has 2 N–H and O–H groups in total. The number of benzene rings is 1. The molecule has 1 rings (SSSR count). The Hall–Kier alpha value is -0.860. The van der Waals surface area contributed by atoms with Gasteiger partial charge in [0.05, 0.1) is 6.61 Å². The fraction of sp³-hybridized carbons (Fsp3) is 0.538. The minimum absolute atomic E-state index is 0.0927. The normalized spacial score (nSPS) is 12.9. The van der Waals surface area contributed by atoms with Crippen molar-refractivity contribution < 1.29 is 4.74 Å². The summed E-state index contributed by atoms with van der Waals surface area (Å²) in [5.41, 5.74) is 11.3. The molecule has 84 valence electrons. The van der Waals surface area contributed by atoms with Gasteiger partial charge in [0.15, 0.2) is 0 Å². The van der Waals surface area contributed by atoms with Crippen LogP contribution in [0.15, 0.2) is 12.1 Å². The summed E-state index contributed by atoms with van der Waals surface area (Å²) in [6.07, 6.45) is 0.895. The second kappa shape index (κ2) is 5.29. The summed E-state index contributed by atoms with van der Waals surface area (Å²) in [7, 11) is 1.69. The van der Waals surface area contributed by atoms with Gasteiger partial charge in [-0.2, -0.15) is 0 Å². The topological polar surface area (TPSA) is 35.2 Å². The molecular weight excluding hydrogens is 186 g/mol. The Bertz CT molecular complexity index is 310. The van der Waals surface area contributed by atoms with Crippen LogP contribution in [0.25, 0.3) is 0 Å².